The number of rotatable bonds is 41. The van der Waals surface area contributed by atoms with Crippen molar-refractivity contribution < 1.29 is 138 Å². The van der Waals surface area contributed by atoms with E-state index >= 15 is 0 Å². The summed E-state index contributed by atoms with van der Waals surface area (Å²) in [5, 5.41) is 141. The van der Waals surface area contributed by atoms with Gasteiger partial charge in [-0.15, -0.1) is 0 Å². The molecule has 0 saturated carbocycles. The van der Waals surface area contributed by atoms with Crippen molar-refractivity contribution in [2.24, 2.45) is 5.41 Å². The van der Waals surface area contributed by atoms with Gasteiger partial charge in [-0.25, -0.2) is 0 Å². The van der Waals surface area contributed by atoms with Gasteiger partial charge in [0.2, 0.25) is 23.6 Å². The fourth-order valence-electron chi connectivity index (χ4n) is 13.9. The Morgan fingerprint density at radius 2 is 0.339 bits per heavy atom. The van der Waals surface area contributed by atoms with Crippen molar-refractivity contribution in [1.29, 1.82) is 0 Å². The molecule has 4 amide bonds. The Bertz CT molecular complexity index is 2890. The molecular weight excluding hydrogens is 1570 g/mol. The first-order valence-corrected chi connectivity index (χ1v) is 39.3. The van der Waals surface area contributed by atoms with Crippen LogP contribution in [-0.2, 0) is 71.9 Å². The summed E-state index contributed by atoms with van der Waals surface area (Å²) in [6.07, 6.45) is -2.06. The zero-order valence-electron chi connectivity index (χ0n) is 67.1. The molecule has 0 unspecified atom stereocenters. The highest BCUT2D eigenvalue weighted by molar-refractivity contribution is 5.81. The quantitative estimate of drug-likeness (QED) is 0.0253. The van der Waals surface area contributed by atoms with Crippen LogP contribution in [-0.4, -0.2) is 581 Å². The molecule has 4 saturated heterocycles. The van der Waals surface area contributed by atoms with E-state index in [-0.39, 0.29) is 229 Å². The number of hydrogen-bond donors (Lipinski definition) is 17. The van der Waals surface area contributed by atoms with Gasteiger partial charge in [0.25, 0.3) is 0 Å². The number of nitrogens with one attached hydrogen (secondary N) is 4. The molecule has 0 aromatic heterocycles. The summed E-state index contributed by atoms with van der Waals surface area (Å²) in [6.45, 7) is -7.00. The fraction of sp³-hybridized carbons (Fsp3) is 0.786. The van der Waals surface area contributed by atoms with E-state index < -0.39 is 219 Å². The Morgan fingerprint density at radius 1 is 0.203 bits per heavy atom. The summed E-state index contributed by atoms with van der Waals surface area (Å²) in [4.78, 5) is 218. The van der Waals surface area contributed by atoms with Gasteiger partial charge >= 0.3 is 65.7 Å². The van der Waals surface area contributed by atoms with E-state index in [0.717, 1.165) is 0 Å². The summed E-state index contributed by atoms with van der Waals surface area (Å²) >= 11 is 0. The average molecular weight is 1690 g/mol. The van der Waals surface area contributed by atoms with Crippen molar-refractivity contribution in [3.8, 4) is 0 Å². The highest BCUT2D eigenvalue weighted by atomic mass is 16.5. The second kappa shape index (κ2) is 55.2. The molecule has 672 valence electrons. The molecule has 48 nitrogen and oxygen atoms in total. The Kier molecular flexibility index (Phi) is 47.6. The number of hydrogen-bond acceptors (Lipinski definition) is 33. The summed E-state index contributed by atoms with van der Waals surface area (Å²) in [5.41, 5.74) is -1.72. The Hall–Kier alpha value is -8.67. The SMILES string of the molecule is O=C(O)CCN1CCN(CC(=O)O)CCN(CC(=O)NCC(CNC(=O)CN2CCN(CC(=O)O)CCN(CC(=O)O)CCN(CC(=O)O)CC2)(CNC(=O)CN2CCN(CC(=O)O)CCN(CC(=O)O)CCN(CC(=O)O)CC2)CNC(=O)CN2CCN(CC(=O)O)CCN(CC(=O)O)CCN(CC(=O)O)CC2)CCN(CC(O)O)CC1. The fourth-order valence-corrected chi connectivity index (χ4v) is 13.9. The van der Waals surface area contributed by atoms with Crippen LogP contribution in [0.5, 0.6) is 0 Å². The van der Waals surface area contributed by atoms with E-state index in [4.69, 9.17) is 0 Å². The Labute approximate surface area is 683 Å². The average Bonchev–Trinajstić information content (AvgIpc) is 0.913. The topological polar surface area (TPSA) is 619 Å². The van der Waals surface area contributed by atoms with Crippen LogP contribution in [0.2, 0.25) is 0 Å². The summed E-state index contributed by atoms with van der Waals surface area (Å²) in [7, 11) is 0. The van der Waals surface area contributed by atoms with Crippen molar-refractivity contribution in [2.75, 3.05) is 340 Å². The number of carbonyl (C=O) groups is 15. The van der Waals surface area contributed by atoms with Crippen LogP contribution in [0.4, 0.5) is 0 Å². The molecular formula is C70H124N20O28. The predicted molar refractivity (Wildman–Crippen MR) is 414 cm³/mol. The first kappa shape index (κ1) is 102. The number of aliphatic hydroxyl groups excluding tert-OH is 1. The van der Waals surface area contributed by atoms with E-state index in [0.29, 0.717) is 0 Å². The monoisotopic (exact) mass is 1690 g/mol. The number of nitrogens with zero attached hydrogens (tertiary/aromatic N) is 16. The highest BCUT2D eigenvalue weighted by Gasteiger charge is 2.36. The lowest BCUT2D eigenvalue weighted by molar-refractivity contribution is -0.140. The molecule has 48 heteroatoms. The molecule has 4 heterocycles. The zero-order valence-corrected chi connectivity index (χ0v) is 67.1. The van der Waals surface area contributed by atoms with E-state index in [1.165, 1.54) is 0 Å². The number of amides is 4. The number of carboxylic acid groups (broad SMARTS) is 11. The molecule has 0 bridgehead atoms. The first-order valence-electron chi connectivity index (χ1n) is 39.3. The van der Waals surface area contributed by atoms with Crippen molar-refractivity contribution in [1.82, 2.24) is 99.7 Å². The van der Waals surface area contributed by atoms with Crippen LogP contribution < -0.4 is 21.3 Å². The molecule has 0 spiro atoms. The molecule has 4 aliphatic rings. The maximum absolute atomic E-state index is 14.9. The molecule has 0 aromatic rings. The van der Waals surface area contributed by atoms with E-state index in [2.05, 4.69) is 21.3 Å². The van der Waals surface area contributed by atoms with Gasteiger partial charge < -0.3 is 92.6 Å². The van der Waals surface area contributed by atoms with Crippen molar-refractivity contribution in [3.63, 3.8) is 0 Å². The zero-order chi connectivity index (χ0) is 87.3. The van der Waals surface area contributed by atoms with Crippen LogP contribution in [0.1, 0.15) is 6.42 Å². The van der Waals surface area contributed by atoms with Gasteiger partial charge in [-0.05, 0) is 0 Å². The van der Waals surface area contributed by atoms with Crippen molar-refractivity contribution in [3.05, 3.63) is 0 Å². The van der Waals surface area contributed by atoms with Crippen LogP contribution >= 0.6 is 0 Å². The lowest BCUT2D eigenvalue weighted by atomic mass is 9.86. The predicted octanol–water partition coefficient (Wildman–Crippen LogP) is -12.0. The van der Waals surface area contributed by atoms with Gasteiger partial charge in [-0.2, -0.15) is 0 Å². The largest absolute Gasteiger partial charge is 0.481 e. The van der Waals surface area contributed by atoms with Gasteiger partial charge in [0.1, 0.15) is 0 Å². The normalized spacial score (nSPS) is 19.7. The Balaban J connectivity index is 1.89. The smallest absolute Gasteiger partial charge is 0.317 e. The molecule has 17 N–H and O–H groups in total. The van der Waals surface area contributed by atoms with Crippen molar-refractivity contribution >= 4 is 89.3 Å². The lowest BCUT2D eigenvalue weighted by Gasteiger charge is -2.37. The minimum absolute atomic E-state index is 0.00583. The number of aliphatic hydroxyl groups is 2. The maximum atomic E-state index is 14.9. The molecule has 0 aliphatic carbocycles. The highest BCUT2D eigenvalue weighted by Crippen LogP contribution is 2.16. The van der Waals surface area contributed by atoms with Gasteiger partial charge in [-0.1, -0.05) is 0 Å². The maximum Gasteiger partial charge on any atom is 0.317 e. The summed E-state index contributed by atoms with van der Waals surface area (Å²) < 4.78 is 0. The third-order valence-electron chi connectivity index (χ3n) is 20.5. The summed E-state index contributed by atoms with van der Waals surface area (Å²) in [6, 6.07) is 0. The van der Waals surface area contributed by atoms with Gasteiger partial charge in [-0.3, -0.25) is 145 Å². The van der Waals surface area contributed by atoms with Crippen LogP contribution in [0.25, 0.3) is 0 Å². The van der Waals surface area contributed by atoms with E-state index in [1.54, 1.807) is 73.5 Å². The van der Waals surface area contributed by atoms with Crippen LogP contribution in [0.3, 0.4) is 0 Å². The summed E-state index contributed by atoms with van der Waals surface area (Å²) in [5.74, 6) is -15.9. The third kappa shape index (κ3) is 47.2. The lowest BCUT2D eigenvalue weighted by Crippen LogP contribution is -2.59. The molecule has 0 atom stereocenters. The number of carbonyl (C=O) groups excluding carboxylic acids is 4. The number of aliphatic carboxylic acids is 11. The molecule has 4 rings (SSSR count). The van der Waals surface area contributed by atoms with Crippen LogP contribution in [0.15, 0.2) is 0 Å². The van der Waals surface area contributed by atoms with Crippen LogP contribution in [0, 0.1) is 5.41 Å². The van der Waals surface area contributed by atoms with Crippen molar-refractivity contribution in [2.45, 2.75) is 12.7 Å². The number of β-amino-alcohol motifs (C(OH)–C–C–N with tert-alkyl or cyclic N) is 2. The van der Waals surface area contributed by atoms with Gasteiger partial charge in [0.15, 0.2) is 6.29 Å². The minimum atomic E-state index is -1.82. The first-order chi connectivity index (χ1) is 55.8. The van der Waals surface area contributed by atoms with Gasteiger partial charge in [0, 0.05) is 254 Å². The molecule has 0 radical (unpaired) electrons. The third-order valence-corrected chi connectivity index (χ3v) is 20.5. The molecule has 4 fully saturated rings. The molecule has 118 heavy (non-hydrogen) atoms. The number of carboxylic acids is 11. The Morgan fingerprint density at radius 3 is 0.475 bits per heavy atom. The second-order valence-electron chi connectivity index (χ2n) is 30.2. The standard InChI is InChI=1S/C70H124N20O28/c91-54(35-76-7-15-80(39-59(97)98)5-3-75(2-1-58(95)96)4-6-81(16-8-76)40-60(99)100)71-50-70(51-72-55(92)36-77-9-17-82(41-61(101)102)23-29-88(47-67(113)114)30-24-83(18-10-77)42-62(103)104,52-73-56(93)37-78-11-19-84(43-63(105)106)25-31-89(48-68(115)116)32-26-85(20-12-78)44-64(107)108)53-74-57(94)38-79-13-21-86(45-65(109)110)27-33-90(49-69(117)118)34-28-87(22-14-79)46-66(111)112/h59,97-98H,1-53H2,(H,71,91)(H,72,92)(H,73,93)(H,74,94)(H,95,96)(H,99,100)(H,101,102)(H,103,104)(H,105,106)(H,107,108)(H,109,110)(H,111,112)(H,113,114)(H,115,116)(H,117,118). The molecule has 4 aliphatic heterocycles. The van der Waals surface area contributed by atoms with Gasteiger partial charge in [0.05, 0.1) is 98.0 Å². The molecule has 0 aromatic carbocycles. The van der Waals surface area contributed by atoms with E-state index in [1.807, 2.05) is 4.90 Å². The minimum Gasteiger partial charge on any atom is -0.481 e. The second-order valence-corrected chi connectivity index (χ2v) is 30.2. The van der Waals surface area contributed by atoms with E-state index in [9.17, 15) is 138 Å².